The molecule has 2 aromatic rings. The van der Waals surface area contributed by atoms with E-state index in [1.165, 1.54) is 35.8 Å². The predicted molar refractivity (Wildman–Crippen MR) is 73.2 cm³/mol. The molecule has 0 aliphatic carbocycles. The molecule has 0 unspecified atom stereocenters. The lowest BCUT2D eigenvalue weighted by molar-refractivity contribution is 0.406. The lowest BCUT2D eigenvalue weighted by atomic mass is 10.3. The molecule has 0 fully saturated rings. The minimum absolute atomic E-state index is 0.0254. The zero-order chi connectivity index (χ0) is 14.0. The SMILES string of the molecule is CN(Cc1ccco1)S(=O)(=O)c1ccc(N)cc1Cl. The molecule has 2 N–H and O–H groups in total. The first-order chi connectivity index (χ1) is 8.91. The lowest BCUT2D eigenvalue weighted by Crippen LogP contribution is -2.26. The van der Waals surface area contributed by atoms with Gasteiger partial charge in [-0.05, 0) is 30.3 Å². The van der Waals surface area contributed by atoms with Crippen LogP contribution in [0.1, 0.15) is 5.76 Å². The van der Waals surface area contributed by atoms with Crippen molar-refractivity contribution in [1.82, 2.24) is 4.31 Å². The molecule has 0 saturated heterocycles. The molecule has 0 radical (unpaired) electrons. The molecule has 7 heteroatoms. The maximum atomic E-state index is 12.3. The van der Waals surface area contributed by atoms with Crippen LogP contribution in [0.4, 0.5) is 5.69 Å². The first-order valence-electron chi connectivity index (χ1n) is 5.45. The number of nitrogens with two attached hydrogens (primary N) is 1. The largest absolute Gasteiger partial charge is 0.468 e. The van der Waals surface area contributed by atoms with Gasteiger partial charge in [-0.3, -0.25) is 0 Å². The van der Waals surface area contributed by atoms with Gasteiger partial charge in [-0.25, -0.2) is 8.42 Å². The number of furan rings is 1. The van der Waals surface area contributed by atoms with Crippen molar-refractivity contribution in [2.45, 2.75) is 11.4 Å². The van der Waals surface area contributed by atoms with Crippen LogP contribution >= 0.6 is 11.6 Å². The van der Waals surface area contributed by atoms with Crippen molar-refractivity contribution in [3.05, 3.63) is 47.4 Å². The van der Waals surface area contributed by atoms with Crippen molar-refractivity contribution in [3.63, 3.8) is 0 Å². The third-order valence-corrected chi connectivity index (χ3v) is 4.89. The number of hydrogen-bond acceptors (Lipinski definition) is 4. The van der Waals surface area contributed by atoms with E-state index in [1.807, 2.05) is 0 Å². The minimum atomic E-state index is -3.68. The Bertz CT molecular complexity index is 668. The lowest BCUT2D eigenvalue weighted by Gasteiger charge is -2.17. The van der Waals surface area contributed by atoms with E-state index in [1.54, 1.807) is 12.1 Å². The number of benzene rings is 1. The zero-order valence-electron chi connectivity index (χ0n) is 10.2. The third-order valence-electron chi connectivity index (χ3n) is 2.60. The van der Waals surface area contributed by atoms with Gasteiger partial charge in [-0.15, -0.1) is 0 Å². The molecule has 0 spiro atoms. The fraction of sp³-hybridized carbons (Fsp3) is 0.167. The van der Waals surface area contributed by atoms with E-state index in [0.29, 0.717) is 11.4 Å². The summed E-state index contributed by atoms with van der Waals surface area (Å²) in [6.07, 6.45) is 1.49. The van der Waals surface area contributed by atoms with Crippen LogP contribution in [0.5, 0.6) is 0 Å². The molecule has 2 rings (SSSR count). The molecule has 0 saturated carbocycles. The number of nitrogen functional groups attached to an aromatic ring is 1. The summed E-state index contributed by atoms with van der Waals surface area (Å²) >= 11 is 5.93. The molecule has 0 bridgehead atoms. The van der Waals surface area contributed by atoms with Crippen LogP contribution in [0.3, 0.4) is 0 Å². The van der Waals surface area contributed by atoms with Crippen molar-refractivity contribution in [3.8, 4) is 0 Å². The molecule has 19 heavy (non-hydrogen) atoms. The highest BCUT2D eigenvalue weighted by atomic mass is 35.5. The second-order valence-electron chi connectivity index (χ2n) is 4.03. The molecule has 0 aliphatic rings. The standard InChI is InChI=1S/C12H13ClN2O3S/c1-15(8-10-3-2-6-18-10)19(16,17)12-5-4-9(14)7-11(12)13/h2-7H,8,14H2,1H3. The fourth-order valence-corrected chi connectivity index (χ4v) is 3.26. The summed E-state index contributed by atoms with van der Waals surface area (Å²) in [5, 5.41) is 0.103. The maximum absolute atomic E-state index is 12.3. The summed E-state index contributed by atoms with van der Waals surface area (Å²) in [4.78, 5) is 0.0254. The predicted octanol–water partition coefficient (Wildman–Crippen LogP) is 2.34. The van der Waals surface area contributed by atoms with E-state index in [2.05, 4.69) is 0 Å². The van der Waals surface area contributed by atoms with Gasteiger partial charge in [0.05, 0.1) is 17.8 Å². The highest BCUT2D eigenvalue weighted by molar-refractivity contribution is 7.89. The quantitative estimate of drug-likeness (QED) is 0.879. The van der Waals surface area contributed by atoms with Crippen LogP contribution < -0.4 is 5.73 Å². The van der Waals surface area contributed by atoms with Gasteiger partial charge < -0.3 is 10.2 Å². The Morgan fingerprint density at radius 2 is 2.11 bits per heavy atom. The van der Waals surface area contributed by atoms with Crippen LogP contribution in [0.25, 0.3) is 0 Å². The summed E-state index contributed by atoms with van der Waals surface area (Å²) < 4.78 is 31.0. The molecule has 102 valence electrons. The molecule has 1 aromatic carbocycles. The Labute approximate surface area is 116 Å². The van der Waals surface area contributed by atoms with Crippen LogP contribution in [0.15, 0.2) is 45.9 Å². The molecule has 0 amide bonds. The normalized spacial score (nSPS) is 11.9. The molecule has 1 aromatic heterocycles. The fourth-order valence-electron chi connectivity index (χ4n) is 1.60. The summed E-state index contributed by atoms with van der Waals surface area (Å²) in [5.41, 5.74) is 5.96. The number of rotatable bonds is 4. The van der Waals surface area contributed by atoms with E-state index < -0.39 is 10.0 Å². The average molecular weight is 301 g/mol. The summed E-state index contributed by atoms with van der Waals surface area (Å²) in [5.74, 6) is 0.553. The average Bonchev–Trinajstić information content (AvgIpc) is 2.81. The monoisotopic (exact) mass is 300 g/mol. The van der Waals surface area contributed by atoms with E-state index >= 15 is 0 Å². The maximum Gasteiger partial charge on any atom is 0.244 e. The van der Waals surface area contributed by atoms with E-state index in [0.717, 1.165) is 0 Å². The van der Waals surface area contributed by atoms with Gasteiger partial charge in [-0.2, -0.15) is 4.31 Å². The first kappa shape index (κ1) is 13.9. The molecule has 1 heterocycles. The highest BCUT2D eigenvalue weighted by Crippen LogP contribution is 2.26. The van der Waals surface area contributed by atoms with Crippen LogP contribution in [0.2, 0.25) is 5.02 Å². The van der Waals surface area contributed by atoms with Gasteiger partial charge in [0, 0.05) is 12.7 Å². The van der Waals surface area contributed by atoms with Gasteiger partial charge in [0.15, 0.2) is 0 Å². The summed E-state index contributed by atoms with van der Waals surface area (Å²) in [6.45, 7) is 0.135. The number of nitrogens with zero attached hydrogens (tertiary/aromatic N) is 1. The van der Waals surface area contributed by atoms with Gasteiger partial charge in [-0.1, -0.05) is 11.6 Å². The zero-order valence-corrected chi connectivity index (χ0v) is 11.8. The molecule has 5 nitrogen and oxygen atoms in total. The number of sulfonamides is 1. The van der Waals surface area contributed by atoms with Crippen molar-refractivity contribution < 1.29 is 12.8 Å². The minimum Gasteiger partial charge on any atom is -0.468 e. The summed E-state index contributed by atoms with van der Waals surface area (Å²) in [6, 6.07) is 7.71. The molecular formula is C12H13ClN2O3S. The Morgan fingerprint density at radius 3 is 2.68 bits per heavy atom. The Hall–Kier alpha value is -1.50. The van der Waals surface area contributed by atoms with Crippen molar-refractivity contribution >= 4 is 27.3 Å². The van der Waals surface area contributed by atoms with Crippen molar-refractivity contribution in [2.75, 3.05) is 12.8 Å². The Kier molecular flexibility index (Phi) is 3.84. The molecule has 0 atom stereocenters. The second kappa shape index (κ2) is 5.24. The molecular weight excluding hydrogens is 288 g/mol. The van der Waals surface area contributed by atoms with E-state index in [-0.39, 0.29) is 16.5 Å². The topological polar surface area (TPSA) is 76.5 Å². The van der Waals surface area contributed by atoms with Crippen LogP contribution in [0, 0.1) is 0 Å². The number of halogens is 1. The number of anilines is 1. The smallest absolute Gasteiger partial charge is 0.244 e. The highest BCUT2D eigenvalue weighted by Gasteiger charge is 2.24. The van der Waals surface area contributed by atoms with Gasteiger partial charge in [0.1, 0.15) is 10.7 Å². The Balaban J connectivity index is 2.31. The second-order valence-corrected chi connectivity index (χ2v) is 6.45. The van der Waals surface area contributed by atoms with Crippen molar-refractivity contribution in [2.24, 2.45) is 0 Å². The van der Waals surface area contributed by atoms with Gasteiger partial charge in [0.25, 0.3) is 0 Å². The van der Waals surface area contributed by atoms with Crippen molar-refractivity contribution in [1.29, 1.82) is 0 Å². The third kappa shape index (κ3) is 2.91. The molecule has 0 aliphatic heterocycles. The van der Waals surface area contributed by atoms with Crippen LogP contribution in [-0.4, -0.2) is 19.8 Å². The van der Waals surface area contributed by atoms with Crippen LogP contribution in [-0.2, 0) is 16.6 Å². The van der Waals surface area contributed by atoms with Gasteiger partial charge in [0.2, 0.25) is 10.0 Å². The Morgan fingerprint density at radius 1 is 1.37 bits per heavy atom. The van der Waals surface area contributed by atoms with E-state index in [9.17, 15) is 8.42 Å². The number of hydrogen-bond donors (Lipinski definition) is 1. The first-order valence-corrected chi connectivity index (χ1v) is 7.27. The summed E-state index contributed by atoms with van der Waals surface area (Å²) in [7, 11) is -2.21. The van der Waals surface area contributed by atoms with E-state index in [4.69, 9.17) is 21.8 Å². The van der Waals surface area contributed by atoms with Gasteiger partial charge >= 0.3 is 0 Å².